The van der Waals surface area contributed by atoms with Crippen LogP contribution < -0.4 is 4.90 Å². The Bertz CT molecular complexity index is 968. The third-order valence-corrected chi connectivity index (χ3v) is 6.23. The molecule has 0 saturated heterocycles. The van der Waals surface area contributed by atoms with Crippen LogP contribution >= 0.6 is 11.8 Å². The van der Waals surface area contributed by atoms with Gasteiger partial charge in [0.1, 0.15) is 5.69 Å². The van der Waals surface area contributed by atoms with Crippen LogP contribution in [0.3, 0.4) is 0 Å². The molecule has 0 fully saturated rings. The first-order chi connectivity index (χ1) is 14.3. The summed E-state index contributed by atoms with van der Waals surface area (Å²) in [7, 11) is 0. The molecule has 0 aliphatic carbocycles. The molecule has 30 heavy (non-hydrogen) atoms. The van der Waals surface area contributed by atoms with E-state index in [1.807, 2.05) is 24.3 Å². The molecule has 0 bridgehead atoms. The van der Waals surface area contributed by atoms with Gasteiger partial charge in [0.25, 0.3) is 5.91 Å². The van der Waals surface area contributed by atoms with E-state index in [1.165, 1.54) is 0 Å². The number of fused-ring (bicyclic) bond motifs is 1. The molecule has 1 aromatic heterocycles. The van der Waals surface area contributed by atoms with Crippen LogP contribution in [0, 0.1) is 13.8 Å². The van der Waals surface area contributed by atoms with Crippen LogP contribution in [0.1, 0.15) is 52.4 Å². The number of hydrogen-bond acceptors (Lipinski definition) is 6. The van der Waals surface area contributed by atoms with Crippen molar-refractivity contribution >= 4 is 35.3 Å². The highest BCUT2D eigenvalue weighted by molar-refractivity contribution is 8.00. The van der Waals surface area contributed by atoms with Crippen molar-refractivity contribution in [1.82, 2.24) is 4.98 Å². The third-order valence-electron chi connectivity index (χ3n) is 4.99. The van der Waals surface area contributed by atoms with E-state index < -0.39 is 11.9 Å². The van der Waals surface area contributed by atoms with Gasteiger partial charge < -0.3 is 19.4 Å². The predicted molar refractivity (Wildman–Crippen MR) is 115 cm³/mol. The van der Waals surface area contributed by atoms with Gasteiger partial charge in [-0.15, -0.1) is 11.8 Å². The average molecular weight is 431 g/mol. The Morgan fingerprint density at radius 2 is 1.90 bits per heavy atom. The molecule has 1 aliphatic rings. The molecule has 8 heteroatoms. The number of benzene rings is 1. The lowest BCUT2D eigenvalue weighted by molar-refractivity contribution is -0.121. The van der Waals surface area contributed by atoms with E-state index in [0.717, 1.165) is 17.0 Å². The van der Waals surface area contributed by atoms with Gasteiger partial charge in [0.15, 0.2) is 6.61 Å². The standard InChI is InChI=1S/C22H26N2O5S/c1-5-28-22(27)20-14(3)19(15(4)23-20)21(26)29-12-18(25)24-11-10-13(2)30-17-9-7-6-8-16(17)24/h6-9,13,23H,5,10-12H2,1-4H3. The first kappa shape index (κ1) is 22.0. The second-order valence-corrected chi connectivity index (χ2v) is 8.63. The highest BCUT2D eigenvalue weighted by Gasteiger charge is 2.27. The van der Waals surface area contributed by atoms with Gasteiger partial charge in [-0.25, -0.2) is 9.59 Å². The molecule has 1 aliphatic heterocycles. The van der Waals surface area contributed by atoms with Gasteiger partial charge in [-0.3, -0.25) is 4.79 Å². The zero-order valence-corrected chi connectivity index (χ0v) is 18.4. The Morgan fingerprint density at radius 1 is 1.17 bits per heavy atom. The van der Waals surface area contributed by atoms with Crippen LogP contribution in [-0.4, -0.2) is 47.8 Å². The van der Waals surface area contributed by atoms with Crippen molar-refractivity contribution in [2.24, 2.45) is 0 Å². The van der Waals surface area contributed by atoms with Crippen molar-refractivity contribution in [2.45, 2.75) is 44.3 Å². The van der Waals surface area contributed by atoms with Gasteiger partial charge >= 0.3 is 11.9 Å². The summed E-state index contributed by atoms with van der Waals surface area (Å²) in [6.45, 7) is 7.61. The van der Waals surface area contributed by atoms with E-state index in [1.54, 1.807) is 37.4 Å². The zero-order valence-electron chi connectivity index (χ0n) is 17.6. The molecule has 0 radical (unpaired) electrons. The van der Waals surface area contributed by atoms with E-state index in [9.17, 15) is 14.4 Å². The van der Waals surface area contributed by atoms with Crippen molar-refractivity contribution < 1.29 is 23.9 Å². The van der Waals surface area contributed by atoms with Gasteiger partial charge in [-0.05, 0) is 44.9 Å². The summed E-state index contributed by atoms with van der Waals surface area (Å²) in [5, 5.41) is 0.387. The Kier molecular flexibility index (Phi) is 6.87. The predicted octanol–water partition coefficient (Wildman–Crippen LogP) is 3.88. The lowest BCUT2D eigenvalue weighted by Crippen LogP contribution is -2.35. The number of aromatic amines is 1. The van der Waals surface area contributed by atoms with E-state index in [-0.39, 0.29) is 30.4 Å². The van der Waals surface area contributed by atoms with Crippen molar-refractivity contribution in [3.63, 3.8) is 0 Å². The number of carbonyl (C=O) groups is 3. The quantitative estimate of drug-likeness (QED) is 0.724. The first-order valence-electron chi connectivity index (χ1n) is 9.92. The molecule has 7 nitrogen and oxygen atoms in total. The summed E-state index contributed by atoms with van der Waals surface area (Å²) < 4.78 is 10.3. The van der Waals surface area contributed by atoms with Crippen LogP contribution in [0.5, 0.6) is 0 Å². The maximum Gasteiger partial charge on any atom is 0.355 e. The second-order valence-electron chi connectivity index (χ2n) is 7.15. The monoisotopic (exact) mass is 430 g/mol. The number of hydrogen-bond donors (Lipinski definition) is 1. The van der Waals surface area contributed by atoms with Gasteiger partial charge in [-0.1, -0.05) is 19.1 Å². The summed E-state index contributed by atoms with van der Waals surface area (Å²) in [6, 6.07) is 7.75. The molecule has 2 heterocycles. The Morgan fingerprint density at radius 3 is 2.63 bits per heavy atom. The van der Waals surface area contributed by atoms with Gasteiger partial charge in [0.05, 0.1) is 17.9 Å². The topological polar surface area (TPSA) is 88.7 Å². The lowest BCUT2D eigenvalue weighted by atomic mass is 10.1. The smallest absolute Gasteiger partial charge is 0.355 e. The van der Waals surface area contributed by atoms with Crippen molar-refractivity contribution in [3.05, 3.63) is 46.8 Å². The largest absolute Gasteiger partial charge is 0.461 e. The molecule has 1 N–H and O–H groups in total. The number of esters is 2. The molecule has 1 atom stereocenters. The van der Waals surface area contributed by atoms with Crippen molar-refractivity contribution in [2.75, 3.05) is 24.7 Å². The lowest BCUT2D eigenvalue weighted by Gasteiger charge is -2.22. The van der Waals surface area contributed by atoms with Crippen molar-refractivity contribution in [3.8, 4) is 0 Å². The number of amides is 1. The molecular formula is C22H26N2O5S. The fourth-order valence-corrected chi connectivity index (χ4v) is 4.60. The first-order valence-corrected chi connectivity index (χ1v) is 10.8. The van der Waals surface area contributed by atoms with E-state index in [2.05, 4.69) is 11.9 Å². The number of nitrogens with one attached hydrogen (secondary N) is 1. The van der Waals surface area contributed by atoms with Crippen LogP contribution in [0.4, 0.5) is 5.69 Å². The highest BCUT2D eigenvalue weighted by atomic mass is 32.2. The van der Waals surface area contributed by atoms with Crippen LogP contribution in [0.15, 0.2) is 29.2 Å². The summed E-state index contributed by atoms with van der Waals surface area (Å²) in [5.41, 5.74) is 2.27. The summed E-state index contributed by atoms with van der Waals surface area (Å²) >= 11 is 1.74. The van der Waals surface area contributed by atoms with Crippen LogP contribution in [-0.2, 0) is 14.3 Å². The van der Waals surface area contributed by atoms with Gasteiger partial charge in [0.2, 0.25) is 0 Å². The number of rotatable bonds is 5. The van der Waals surface area contributed by atoms with Crippen molar-refractivity contribution in [1.29, 1.82) is 0 Å². The Hall–Kier alpha value is -2.74. The second kappa shape index (κ2) is 9.38. The minimum absolute atomic E-state index is 0.222. The Balaban J connectivity index is 1.73. The minimum Gasteiger partial charge on any atom is -0.461 e. The molecule has 2 aromatic rings. The number of H-pyrrole nitrogens is 1. The average Bonchev–Trinajstić information content (AvgIpc) is 2.90. The number of aromatic nitrogens is 1. The number of ether oxygens (including phenoxy) is 2. The maximum atomic E-state index is 12.9. The molecule has 3 rings (SSSR count). The summed E-state index contributed by atoms with van der Waals surface area (Å²) in [6.07, 6.45) is 0.845. The number of para-hydroxylation sites is 1. The normalized spacial score (nSPS) is 15.9. The highest BCUT2D eigenvalue weighted by Crippen LogP contribution is 2.37. The number of aryl methyl sites for hydroxylation is 1. The minimum atomic E-state index is -0.643. The fourth-order valence-electron chi connectivity index (χ4n) is 3.49. The number of carbonyl (C=O) groups excluding carboxylic acids is 3. The van der Waals surface area contributed by atoms with Crippen LogP contribution in [0.2, 0.25) is 0 Å². The summed E-state index contributed by atoms with van der Waals surface area (Å²) in [4.78, 5) is 43.2. The molecule has 1 aromatic carbocycles. The van der Waals surface area contributed by atoms with E-state index >= 15 is 0 Å². The zero-order chi connectivity index (χ0) is 21.8. The number of anilines is 1. The fraction of sp³-hybridized carbons (Fsp3) is 0.409. The molecule has 0 spiro atoms. The van der Waals surface area contributed by atoms with Crippen LogP contribution in [0.25, 0.3) is 0 Å². The molecule has 0 saturated carbocycles. The van der Waals surface area contributed by atoms with E-state index in [4.69, 9.17) is 9.47 Å². The van der Waals surface area contributed by atoms with Gasteiger partial charge in [-0.2, -0.15) is 0 Å². The van der Waals surface area contributed by atoms with Gasteiger partial charge in [0, 0.05) is 22.4 Å². The molecule has 1 unspecified atom stereocenters. The number of thioether (sulfide) groups is 1. The number of nitrogens with zero attached hydrogens (tertiary/aromatic N) is 1. The molecule has 160 valence electrons. The molecule has 1 amide bonds. The Labute approximate surface area is 180 Å². The summed E-state index contributed by atoms with van der Waals surface area (Å²) in [5.74, 6) is -1.45. The SMILES string of the molecule is CCOC(=O)c1[nH]c(C)c(C(=O)OCC(=O)N2CCC(C)Sc3ccccc32)c1C. The maximum absolute atomic E-state index is 12.9. The van der Waals surface area contributed by atoms with E-state index in [0.29, 0.717) is 23.1 Å². The molecular weight excluding hydrogens is 404 g/mol. The third kappa shape index (κ3) is 4.53.